The summed E-state index contributed by atoms with van der Waals surface area (Å²) in [5, 5.41) is 3.86. The summed E-state index contributed by atoms with van der Waals surface area (Å²) >= 11 is 7.58. The van der Waals surface area contributed by atoms with Crippen LogP contribution in [0.25, 0.3) is 0 Å². The average Bonchev–Trinajstić information content (AvgIpc) is 3.25. The third-order valence-electron chi connectivity index (χ3n) is 5.58. The molecule has 33 heavy (non-hydrogen) atoms. The Bertz CT molecular complexity index is 969. The quantitative estimate of drug-likeness (QED) is 0.324. The number of fused-ring (bicyclic) bond motifs is 1. The van der Waals surface area contributed by atoms with E-state index in [0.717, 1.165) is 56.5 Å². The predicted molar refractivity (Wildman–Crippen MR) is 130 cm³/mol. The number of rotatable bonds is 9. The molecule has 0 spiro atoms. The van der Waals surface area contributed by atoms with Crippen molar-refractivity contribution < 1.29 is 14.3 Å². The number of anilines is 1. The van der Waals surface area contributed by atoms with Gasteiger partial charge >= 0.3 is 0 Å². The standard InChI is InChI=1S/C23H30ClN5O3S/c1-16(2)5-6-25-22(30)14-33-23-26-20(24)12-21(27-23)29-9-7-28(8-10-29)13-17-3-4-18-19(11-17)32-15-31-18/h3-4,11-12,16H,5-10,13-15H2,1-2H3,(H,25,30). The van der Waals surface area contributed by atoms with Crippen molar-refractivity contribution in [3.8, 4) is 11.5 Å². The van der Waals surface area contributed by atoms with Crippen LogP contribution < -0.4 is 19.7 Å². The molecule has 1 aromatic heterocycles. The van der Waals surface area contributed by atoms with E-state index in [4.69, 9.17) is 21.1 Å². The van der Waals surface area contributed by atoms with Crippen LogP contribution in [-0.4, -0.2) is 66.0 Å². The van der Waals surface area contributed by atoms with Crippen LogP contribution in [0.4, 0.5) is 5.82 Å². The van der Waals surface area contributed by atoms with Crippen LogP contribution in [0.15, 0.2) is 29.4 Å². The maximum absolute atomic E-state index is 12.1. The molecule has 0 saturated carbocycles. The predicted octanol–water partition coefficient (Wildman–Crippen LogP) is 3.44. The zero-order valence-electron chi connectivity index (χ0n) is 19.1. The highest BCUT2D eigenvalue weighted by Crippen LogP contribution is 2.33. The summed E-state index contributed by atoms with van der Waals surface area (Å²) in [6.07, 6.45) is 0.967. The van der Waals surface area contributed by atoms with E-state index >= 15 is 0 Å². The molecule has 2 aromatic rings. The molecule has 4 rings (SSSR count). The number of nitrogens with zero attached hydrogens (tertiary/aromatic N) is 4. The number of nitrogens with one attached hydrogen (secondary N) is 1. The molecule has 0 unspecified atom stereocenters. The molecule has 1 amide bonds. The van der Waals surface area contributed by atoms with Crippen molar-refractivity contribution in [2.24, 2.45) is 5.92 Å². The summed E-state index contributed by atoms with van der Waals surface area (Å²) in [4.78, 5) is 25.6. The fourth-order valence-electron chi connectivity index (χ4n) is 3.73. The van der Waals surface area contributed by atoms with E-state index in [1.54, 1.807) is 6.07 Å². The minimum atomic E-state index is -0.0112. The van der Waals surface area contributed by atoms with Gasteiger partial charge in [0.05, 0.1) is 5.75 Å². The van der Waals surface area contributed by atoms with E-state index in [-0.39, 0.29) is 11.7 Å². The zero-order valence-corrected chi connectivity index (χ0v) is 20.6. The monoisotopic (exact) mass is 491 g/mol. The summed E-state index contributed by atoms with van der Waals surface area (Å²) in [6, 6.07) is 7.91. The van der Waals surface area contributed by atoms with Gasteiger partial charge in [0.15, 0.2) is 16.7 Å². The summed E-state index contributed by atoms with van der Waals surface area (Å²) in [5.41, 5.74) is 1.21. The van der Waals surface area contributed by atoms with Crippen LogP contribution in [0.3, 0.4) is 0 Å². The van der Waals surface area contributed by atoms with Crippen LogP contribution in [0.1, 0.15) is 25.8 Å². The Balaban J connectivity index is 1.27. The lowest BCUT2D eigenvalue weighted by Crippen LogP contribution is -2.46. The van der Waals surface area contributed by atoms with Crippen LogP contribution in [-0.2, 0) is 11.3 Å². The molecule has 1 saturated heterocycles. The first-order valence-corrected chi connectivity index (χ1v) is 12.6. The molecule has 2 aliphatic rings. The normalized spacial score (nSPS) is 15.8. The number of hydrogen-bond acceptors (Lipinski definition) is 8. The van der Waals surface area contributed by atoms with Crippen LogP contribution in [0.2, 0.25) is 5.15 Å². The van der Waals surface area contributed by atoms with Crippen molar-refractivity contribution in [2.75, 3.05) is 50.2 Å². The van der Waals surface area contributed by atoms with E-state index in [1.165, 1.54) is 17.3 Å². The Labute approximate surface area is 204 Å². The topological polar surface area (TPSA) is 79.8 Å². The van der Waals surface area contributed by atoms with Gasteiger partial charge < -0.3 is 19.7 Å². The average molecular weight is 492 g/mol. The number of halogens is 1. The molecule has 0 atom stereocenters. The van der Waals surface area contributed by atoms with E-state index in [9.17, 15) is 4.79 Å². The van der Waals surface area contributed by atoms with Crippen LogP contribution >= 0.6 is 23.4 Å². The zero-order chi connectivity index (χ0) is 23.2. The Morgan fingerprint density at radius 2 is 1.94 bits per heavy atom. The van der Waals surface area contributed by atoms with Gasteiger partial charge in [0.2, 0.25) is 12.7 Å². The summed E-state index contributed by atoms with van der Waals surface area (Å²) < 4.78 is 10.9. The Morgan fingerprint density at radius 3 is 2.73 bits per heavy atom. The Kier molecular flexibility index (Phi) is 8.16. The molecule has 10 heteroatoms. The van der Waals surface area contributed by atoms with E-state index in [1.807, 2.05) is 6.07 Å². The van der Waals surface area contributed by atoms with Gasteiger partial charge in [-0.3, -0.25) is 9.69 Å². The van der Waals surface area contributed by atoms with Gasteiger partial charge in [-0.05, 0) is 30.0 Å². The lowest BCUT2D eigenvalue weighted by atomic mass is 10.1. The Morgan fingerprint density at radius 1 is 1.15 bits per heavy atom. The van der Waals surface area contributed by atoms with Gasteiger partial charge in [-0.1, -0.05) is 43.3 Å². The second kappa shape index (κ2) is 11.3. The molecular weight excluding hydrogens is 462 g/mol. The smallest absolute Gasteiger partial charge is 0.231 e. The van der Waals surface area contributed by atoms with E-state index in [0.29, 0.717) is 29.6 Å². The third kappa shape index (κ3) is 6.88. The van der Waals surface area contributed by atoms with Gasteiger partial charge in [0.1, 0.15) is 11.0 Å². The summed E-state index contributed by atoms with van der Waals surface area (Å²) in [5.74, 6) is 3.27. The lowest BCUT2D eigenvalue weighted by Gasteiger charge is -2.35. The van der Waals surface area contributed by atoms with Crippen LogP contribution in [0.5, 0.6) is 11.5 Å². The number of piperazine rings is 1. The van der Waals surface area contributed by atoms with E-state index in [2.05, 4.69) is 51.1 Å². The third-order valence-corrected chi connectivity index (χ3v) is 6.62. The molecule has 0 bridgehead atoms. The fraction of sp³-hybridized carbons (Fsp3) is 0.522. The molecule has 0 aliphatic carbocycles. The number of ether oxygens (including phenoxy) is 2. The van der Waals surface area contributed by atoms with Gasteiger partial charge in [-0.2, -0.15) is 0 Å². The molecule has 1 fully saturated rings. The first-order valence-electron chi connectivity index (χ1n) is 11.3. The number of hydrogen-bond donors (Lipinski definition) is 1. The number of carbonyl (C=O) groups is 1. The minimum Gasteiger partial charge on any atom is -0.454 e. The minimum absolute atomic E-state index is 0.0112. The van der Waals surface area contributed by atoms with Crippen molar-refractivity contribution in [3.05, 3.63) is 35.0 Å². The second-order valence-electron chi connectivity index (χ2n) is 8.60. The molecule has 3 heterocycles. The van der Waals surface area contributed by atoms with E-state index < -0.39 is 0 Å². The molecule has 178 valence electrons. The first-order chi connectivity index (χ1) is 16.0. The van der Waals surface area contributed by atoms with Crippen molar-refractivity contribution in [1.29, 1.82) is 0 Å². The highest BCUT2D eigenvalue weighted by molar-refractivity contribution is 7.99. The maximum Gasteiger partial charge on any atom is 0.231 e. The molecule has 1 aromatic carbocycles. The number of carbonyl (C=O) groups excluding carboxylic acids is 1. The molecule has 2 aliphatic heterocycles. The van der Waals surface area contributed by atoms with Gasteiger partial charge in [-0.25, -0.2) is 9.97 Å². The lowest BCUT2D eigenvalue weighted by molar-refractivity contribution is -0.118. The fourth-order valence-corrected chi connectivity index (χ4v) is 4.64. The number of aromatic nitrogens is 2. The highest BCUT2D eigenvalue weighted by atomic mass is 35.5. The molecular formula is C23H30ClN5O3S. The maximum atomic E-state index is 12.1. The number of amides is 1. The van der Waals surface area contributed by atoms with Gasteiger partial charge in [0, 0.05) is 45.3 Å². The largest absolute Gasteiger partial charge is 0.454 e. The SMILES string of the molecule is CC(C)CCNC(=O)CSc1nc(Cl)cc(N2CCN(Cc3ccc4c(c3)OCO4)CC2)n1. The van der Waals surface area contributed by atoms with Crippen LogP contribution in [0, 0.1) is 5.92 Å². The molecule has 8 nitrogen and oxygen atoms in total. The van der Waals surface area contributed by atoms with Crippen molar-refractivity contribution in [1.82, 2.24) is 20.2 Å². The van der Waals surface area contributed by atoms with Crippen molar-refractivity contribution in [3.63, 3.8) is 0 Å². The number of thioether (sulfide) groups is 1. The second-order valence-corrected chi connectivity index (χ2v) is 9.93. The first kappa shape index (κ1) is 23.9. The Hall–Kier alpha value is -2.23. The molecule has 0 radical (unpaired) electrons. The van der Waals surface area contributed by atoms with Crippen molar-refractivity contribution >= 4 is 35.1 Å². The van der Waals surface area contributed by atoms with Gasteiger partial charge in [-0.15, -0.1) is 0 Å². The summed E-state index contributed by atoms with van der Waals surface area (Å²) in [6.45, 7) is 9.64. The van der Waals surface area contributed by atoms with Crippen molar-refractivity contribution in [2.45, 2.75) is 32.0 Å². The van der Waals surface area contributed by atoms with Gasteiger partial charge in [0.25, 0.3) is 0 Å². The highest BCUT2D eigenvalue weighted by Gasteiger charge is 2.21. The molecule has 1 N–H and O–H groups in total. The summed E-state index contributed by atoms with van der Waals surface area (Å²) in [7, 11) is 0. The number of benzene rings is 1.